The van der Waals surface area contributed by atoms with Gasteiger partial charge >= 0.3 is 0 Å². The second-order valence-corrected chi connectivity index (χ2v) is 3.88. The number of rotatable bonds is 2. The van der Waals surface area contributed by atoms with E-state index in [-0.39, 0.29) is 20.6 Å². The van der Waals surface area contributed by atoms with Crippen molar-refractivity contribution in [2.24, 2.45) is 0 Å². The van der Waals surface area contributed by atoms with Gasteiger partial charge in [0, 0.05) is 15.6 Å². The van der Waals surface area contributed by atoms with Gasteiger partial charge < -0.3 is 0 Å². The van der Waals surface area contributed by atoms with Crippen molar-refractivity contribution < 1.29 is 13.6 Å². The lowest BCUT2D eigenvalue weighted by molar-refractivity contribution is 0.0998. The lowest BCUT2D eigenvalue weighted by Gasteiger charge is -2.09. The van der Waals surface area contributed by atoms with Gasteiger partial charge in [0.1, 0.15) is 0 Å². The van der Waals surface area contributed by atoms with Gasteiger partial charge in [0.25, 0.3) is 6.43 Å². The fourth-order valence-corrected chi connectivity index (χ4v) is 1.90. The molecule has 0 amide bonds. The average molecular weight is 283 g/mol. The van der Waals surface area contributed by atoms with Crippen LogP contribution >= 0.6 is 27.5 Å². The van der Waals surface area contributed by atoms with E-state index in [0.29, 0.717) is 0 Å². The van der Waals surface area contributed by atoms with Crippen LogP contribution in [0.15, 0.2) is 16.6 Å². The third kappa shape index (κ3) is 2.12. The first-order chi connectivity index (χ1) is 6.45. The highest BCUT2D eigenvalue weighted by atomic mass is 79.9. The third-order valence-electron chi connectivity index (χ3n) is 1.71. The SMILES string of the molecule is CC(=O)c1c(C(F)F)ccc(Cl)c1Br. The number of Topliss-reactive ketones (excluding diaryl/α,β-unsaturated/α-hetero) is 1. The molecule has 0 saturated heterocycles. The maximum absolute atomic E-state index is 12.5. The highest BCUT2D eigenvalue weighted by Gasteiger charge is 2.20. The zero-order valence-corrected chi connectivity index (χ0v) is 9.49. The Morgan fingerprint density at radius 1 is 1.50 bits per heavy atom. The number of benzene rings is 1. The van der Waals surface area contributed by atoms with Crippen LogP contribution in [0.4, 0.5) is 8.78 Å². The summed E-state index contributed by atoms with van der Waals surface area (Å²) in [5.41, 5.74) is -0.346. The van der Waals surface area contributed by atoms with Gasteiger partial charge in [-0.15, -0.1) is 0 Å². The quantitative estimate of drug-likeness (QED) is 0.742. The molecule has 0 aromatic heterocycles. The van der Waals surface area contributed by atoms with Crippen molar-refractivity contribution in [1.29, 1.82) is 0 Å². The first-order valence-electron chi connectivity index (χ1n) is 3.72. The second kappa shape index (κ2) is 4.36. The van der Waals surface area contributed by atoms with Crippen molar-refractivity contribution in [1.82, 2.24) is 0 Å². The molecule has 0 aliphatic heterocycles. The molecule has 0 heterocycles. The predicted molar refractivity (Wildman–Crippen MR) is 54.1 cm³/mol. The van der Waals surface area contributed by atoms with E-state index in [1.807, 2.05) is 0 Å². The normalized spacial score (nSPS) is 10.7. The van der Waals surface area contributed by atoms with Crippen LogP contribution < -0.4 is 0 Å². The van der Waals surface area contributed by atoms with E-state index in [9.17, 15) is 13.6 Å². The Bertz CT molecular complexity index is 379. The summed E-state index contributed by atoms with van der Waals surface area (Å²) in [5, 5.41) is 0.250. The predicted octanol–water partition coefficient (Wildman–Crippen LogP) is 4.24. The zero-order valence-electron chi connectivity index (χ0n) is 7.15. The fourth-order valence-electron chi connectivity index (χ4n) is 1.11. The van der Waals surface area contributed by atoms with Gasteiger partial charge in [0.2, 0.25) is 0 Å². The van der Waals surface area contributed by atoms with Crippen LogP contribution in [0.5, 0.6) is 0 Å². The largest absolute Gasteiger partial charge is 0.294 e. The van der Waals surface area contributed by atoms with Crippen LogP contribution in [0.25, 0.3) is 0 Å². The molecule has 1 aromatic carbocycles. The Kier molecular flexibility index (Phi) is 3.61. The number of hydrogen-bond donors (Lipinski definition) is 0. The van der Waals surface area contributed by atoms with E-state index in [0.717, 1.165) is 6.07 Å². The summed E-state index contributed by atoms with van der Waals surface area (Å²) in [6, 6.07) is 2.49. The number of ketones is 1. The Hall–Kier alpha value is -0.480. The van der Waals surface area contributed by atoms with E-state index in [2.05, 4.69) is 15.9 Å². The second-order valence-electron chi connectivity index (χ2n) is 2.68. The number of carbonyl (C=O) groups is 1. The Balaban J connectivity index is 3.45. The van der Waals surface area contributed by atoms with Crippen LogP contribution in [0.3, 0.4) is 0 Å². The van der Waals surface area contributed by atoms with Crippen LogP contribution in [0.2, 0.25) is 5.02 Å². The van der Waals surface area contributed by atoms with Crippen LogP contribution in [-0.2, 0) is 0 Å². The van der Waals surface area contributed by atoms with Gasteiger partial charge in [0.05, 0.1) is 5.02 Å². The lowest BCUT2D eigenvalue weighted by atomic mass is 10.0. The molecule has 0 radical (unpaired) electrons. The summed E-state index contributed by atoms with van der Waals surface area (Å²) < 4.78 is 25.2. The molecule has 0 unspecified atom stereocenters. The van der Waals surface area contributed by atoms with Crippen molar-refractivity contribution in [2.45, 2.75) is 13.3 Å². The molecule has 0 aliphatic carbocycles. The fraction of sp³-hybridized carbons (Fsp3) is 0.222. The topological polar surface area (TPSA) is 17.1 Å². The minimum absolute atomic E-state index is 0.0486. The van der Waals surface area contributed by atoms with Crippen molar-refractivity contribution >= 4 is 33.3 Å². The van der Waals surface area contributed by atoms with Gasteiger partial charge in [-0.05, 0) is 28.9 Å². The lowest BCUT2D eigenvalue weighted by Crippen LogP contribution is -2.01. The summed E-state index contributed by atoms with van der Waals surface area (Å²) >= 11 is 8.70. The number of hydrogen-bond acceptors (Lipinski definition) is 1. The van der Waals surface area contributed by atoms with Gasteiger partial charge in [-0.25, -0.2) is 8.78 Å². The van der Waals surface area contributed by atoms with Gasteiger partial charge in [0.15, 0.2) is 5.78 Å². The Morgan fingerprint density at radius 2 is 2.07 bits per heavy atom. The molecule has 0 atom stereocenters. The first-order valence-corrected chi connectivity index (χ1v) is 4.89. The Morgan fingerprint density at radius 3 is 2.50 bits per heavy atom. The van der Waals surface area contributed by atoms with Crippen molar-refractivity contribution in [3.8, 4) is 0 Å². The minimum atomic E-state index is -2.68. The van der Waals surface area contributed by atoms with E-state index in [4.69, 9.17) is 11.6 Å². The third-order valence-corrected chi connectivity index (χ3v) is 3.08. The van der Waals surface area contributed by atoms with Crippen LogP contribution in [-0.4, -0.2) is 5.78 Å². The monoisotopic (exact) mass is 282 g/mol. The van der Waals surface area contributed by atoms with E-state index < -0.39 is 12.2 Å². The van der Waals surface area contributed by atoms with E-state index in [1.165, 1.54) is 13.0 Å². The molecule has 14 heavy (non-hydrogen) atoms. The van der Waals surface area contributed by atoms with Crippen molar-refractivity contribution in [3.63, 3.8) is 0 Å². The van der Waals surface area contributed by atoms with Gasteiger partial charge in [-0.1, -0.05) is 17.7 Å². The molecular weight excluding hydrogens is 277 g/mol. The zero-order chi connectivity index (χ0) is 10.9. The van der Waals surface area contributed by atoms with Crippen molar-refractivity contribution in [3.05, 3.63) is 32.8 Å². The molecule has 0 N–H and O–H groups in total. The molecule has 0 fully saturated rings. The highest BCUT2D eigenvalue weighted by Crippen LogP contribution is 2.33. The molecule has 1 nitrogen and oxygen atoms in total. The van der Waals surface area contributed by atoms with E-state index >= 15 is 0 Å². The standard InChI is InChI=1S/C9H6BrClF2O/c1-4(14)7-5(9(12)13)2-3-6(11)8(7)10/h2-3,9H,1H3. The molecule has 0 saturated carbocycles. The molecule has 1 aromatic rings. The van der Waals surface area contributed by atoms with Gasteiger partial charge in [-0.3, -0.25) is 4.79 Å². The average Bonchev–Trinajstić information content (AvgIpc) is 2.08. The molecule has 0 aliphatic rings. The minimum Gasteiger partial charge on any atom is -0.294 e. The molecule has 5 heteroatoms. The summed E-state index contributed by atoms with van der Waals surface area (Å²) in [7, 11) is 0. The highest BCUT2D eigenvalue weighted by molar-refractivity contribution is 9.10. The van der Waals surface area contributed by atoms with E-state index in [1.54, 1.807) is 0 Å². The molecule has 0 spiro atoms. The van der Waals surface area contributed by atoms with Crippen molar-refractivity contribution in [2.75, 3.05) is 0 Å². The summed E-state index contributed by atoms with van der Waals surface area (Å²) in [5.74, 6) is -0.435. The number of alkyl halides is 2. The molecule has 1 rings (SSSR count). The smallest absolute Gasteiger partial charge is 0.264 e. The summed E-state index contributed by atoms with van der Waals surface area (Å²) in [6.45, 7) is 1.22. The Labute approximate surface area is 93.2 Å². The summed E-state index contributed by atoms with van der Waals surface area (Å²) in [4.78, 5) is 11.1. The van der Waals surface area contributed by atoms with Crippen LogP contribution in [0, 0.1) is 0 Å². The van der Waals surface area contributed by atoms with Crippen LogP contribution in [0.1, 0.15) is 29.3 Å². The first kappa shape index (κ1) is 11.6. The maximum atomic E-state index is 12.5. The number of halogens is 4. The molecule has 76 valence electrons. The maximum Gasteiger partial charge on any atom is 0.264 e. The molecule has 0 bridgehead atoms. The molecular formula is C9H6BrClF2O. The summed E-state index contributed by atoms with van der Waals surface area (Å²) in [6.07, 6.45) is -2.68. The van der Waals surface area contributed by atoms with Gasteiger partial charge in [-0.2, -0.15) is 0 Å². The number of carbonyl (C=O) groups excluding carboxylic acids is 1.